The van der Waals surface area contributed by atoms with Crippen molar-refractivity contribution in [2.45, 2.75) is 18.0 Å². The average molecular weight is 519 g/mol. The molecule has 2 atom stereocenters. The Hall–Kier alpha value is -2.17. The molecule has 0 bridgehead atoms. The number of carbonyl (C=O) groups excluding carboxylic acids is 3. The van der Waals surface area contributed by atoms with E-state index in [1.165, 1.54) is 35.6 Å². The Morgan fingerprint density at radius 1 is 1.42 bits per heavy atom. The van der Waals surface area contributed by atoms with Crippen molar-refractivity contribution in [2.75, 3.05) is 18.6 Å². The van der Waals surface area contributed by atoms with Crippen LogP contribution in [0.1, 0.15) is 11.4 Å². The van der Waals surface area contributed by atoms with Gasteiger partial charge in [-0.3, -0.25) is 14.5 Å². The van der Waals surface area contributed by atoms with Crippen LogP contribution in [-0.2, 0) is 30.6 Å². The monoisotopic (exact) mass is 518 g/mol. The summed E-state index contributed by atoms with van der Waals surface area (Å²) in [4.78, 5) is 51.1. The van der Waals surface area contributed by atoms with Gasteiger partial charge in [0.25, 0.3) is 11.8 Å². The van der Waals surface area contributed by atoms with Gasteiger partial charge in [0.05, 0.1) is 22.9 Å². The summed E-state index contributed by atoms with van der Waals surface area (Å²) in [6.45, 7) is 0.0661. The van der Waals surface area contributed by atoms with E-state index in [0.717, 1.165) is 16.2 Å². The van der Waals surface area contributed by atoms with E-state index in [2.05, 4.69) is 20.4 Å². The number of oxime groups is 1. The number of β-lactam (4-membered cyclic amide) rings is 1. The summed E-state index contributed by atoms with van der Waals surface area (Å²) in [7, 11) is 1.26. The van der Waals surface area contributed by atoms with E-state index in [1.54, 1.807) is 10.9 Å². The third-order valence-corrected chi connectivity index (χ3v) is 7.02. The molecule has 2 aromatic heterocycles. The number of carboxylic acids is 1. The predicted molar refractivity (Wildman–Crippen MR) is 114 cm³/mol. The first-order valence-corrected chi connectivity index (χ1v) is 11.8. The Labute approximate surface area is 221 Å². The van der Waals surface area contributed by atoms with Gasteiger partial charge >= 0.3 is 29.6 Å². The number of thioether (sulfide) groups is 1. The zero-order chi connectivity index (χ0) is 22.8. The van der Waals surface area contributed by atoms with Gasteiger partial charge in [0.2, 0.25) is 0 Å². The molecule has 0 unspecified atom stereocenters. The fraction of sp³-hybridized carbons (Fsp3) is 0.294. The molecule has 4 heterocycles. The molecule has 1 saturated heterocycles. The van der Waals surface area contributed by atoms with Crippen molar-refractivity contribution in [1.82, 2.24) is 20.2 Å². The van der Waals surface area contributed by atoms with Crippen LogP contribution in [0.2, 0.25) is 0 Å². The van der Waals surface area contributed by atoms with Crippen molar-refractivity contribution in [1.29, 1.82) is 0 Å². The number of anilines is 1. The number of nitrogens with two attached hydrogens (primary N) is 1. The molecule has 0 saturated carbocycles. The van der Waals surface area contributed by atoms with Crippen molar-refractivity contribution >= 4 is 63.1 Å². The average Bonchev–Trinajstić information content (AvgIpc) is 3.45. The fourth-order valence-electron chi connectivity index (χ4n) is 3.06. The minimum Gasteiger partial charge on any atom is -0.543 e. The molecule has 16 heteroatoms. The van der Waals surface area contributed by atoms with Gasteiger partial charge in [0.1, 0.15) is 42.3 Å². The molecule has 0 aliphatic carbocycles. The number of nitrogens with one attached hydrogen (secondary N) is 1. The van der Waals surface area contributed by atoms with Gasteiger partial charge in [-0.15, -0.1) is 34.4 Å². The van der Waals surface area contributed by atoms with E-state index in [0.29, 0.717) is 5.69 Å². The second kappa shape index (κ2) is 10.8. The van der Waals surface area contributed by atoms with Gasteiger partial charge in [-0.25, -0.2) is 9.97 Å². The maximum Gasteiger partial charge on any atom is 1.00 e. The standard InChI is InChI=1S/C17H16N6O6S3.Na/c1-28-22-10(8-4-32-17(18)20-8)13(24)21-11-14(25)23-12(16(26)27)9(5-31-15(11)23)29-2-7-3-30-6-19-7;/h3-4,6,11,15H,2,5H2,1H3,(H2,18,20)(H,21,24)(H,26,27);/q;+1/p-1/b22-10-;/t11-,15-;/m1./s1. The van der Waals surface area contributed by atoms with Crippen molar-refractivity contribution in [3.63, 3.8) is 0 Å². The SMILES string of the molecule is CO/N=C(\C(=O)N[C@@H]1C(=O)N2C(C(=O)[O-])=C(OCc3cscn3)CS[C@H]12)c1csc(N)n1.[Na+]. The van der Waals surface area contributed by atoms with Crippen LogP contribution in [0.5, 0.6) is 0 Å². The van der Waals surface area contributed by atoms with Crippen LogP contribution in [0, 0.1) is 0 Å². The van der Waals surface area contributed by atoms with Gasteiger partial charge in [-0.2, -0.15) is 0 Å². The van der Waals surface area contributed by atoms with E-state index >= 15 is 0 Å². The molecule has 1 fully saturated rings. The summed E-state index contributed by atoms with van der Waals surface area (Å²) >= 11 is 3.75. The number of fused-ring (bicyclic) bond motifs is 1. The van der Waals surface area contributed by atoms with Crippen molar-refractivity contribution in [3.05, 3.63) is 39.1 Å². The smallest absolute Gasteiger partial charge is 0.543 e. The Bertz CT molecular complexity index is 1120. The predicted octanol–water partition coefficient (Wildman–Crippen LogP) is -3.89. The number of rotatable bonds is 8. The summed E-state index contributed by atoms with van der Waals surface area (Å²) in [5.41, 5.74) is 7.56. The number of hydrogen-bond donors (Lipinski definition) is 2. The third-order valence-electron chi connectivity index (χ3n) is 4.45. The summed E-state index contributed by atoms with van der Waals surface area (Å²) in [5.74, 6) is -2.58. The van der Waals surface area contributed by atoms with Crippen LogP contribution in [0.25, 0.3) is 0 Å². The Morgan fingerprint density at radius 3 is 2.82 bits per heavy atom. The zero-order valence-electron chi connectivity index (χ0n) is 17.3. The van der Waals surface area contributed by atoms with E-state index in [-0.39, 0.29) is 69.9 Å². The van der Waals surface area contributed by atoms with Crippen LogP contribution in [0.3, 0.4) is 0 Å². The molecule has 2 amide bonds. The van der Waals surface area contributed by atoms with Crippen LogP contribution in [0.15, 0.2) is 32.9 Å². The Kier molecular flexibility index (Phi) is 8.36. The van der Waals surface area contributed by atoms with Gasteiger partial charge in [-0.05, 0) is 0 Å². The number of carboxylic acid groups (broad SMARTS) is 1. The minimum absolute atomic E-state index is 0. The molecular formula is C17H15N6NaO6S3. The van der Waals surface area contributed by atoms with E-state index in [1.807, 2.05) is 0 Å². The van der Waals surface area contributed by atoms with E-state index < -0.39 is 29.2 Å². The minimum atomic E-state index is -1.54. The number of amides is 2. The summed E-state index contributed by atoms with van der Waals surface area (Å²) in [6, 6.07) is -0.972. The number of hydrogen-bond acceptors (Lipinski definition) is 13. The van der Waals surface area contributed by atoms with Crippen molar-refractivity contribution < 1.29 is 58.6 Å². The molecule has 3 N–H and O–H groups in total. The van der Waals surface area contributed by atoms with E-state index in [9.17, 15) is 19.5 Å². The summed E-state index contributed by atoms with van der Waals surface area (Å²) < 4.78 is 5.60. The molecule has 2 aromatic rings. The molecule has 0 aromatic carbocycles. The molecule has 4 rings (SSSR count). The van der Waals surface area contributed by atoms with Gasteiger partial charge < -0.3 is 30.5 Å². The normalized spacial score (nSPS) is 19.8. The quantitative estimate of drug-likeness (QED) is 0.152. The second-order valence-electron chi connectivity index (χ2n) is 6.38. The number of nitrogens with zero attached hydrogens (tertiary/aromatic N) is 4. The first-order valence-electron chi connectivity index (χ1n) is 8.93. The van der Waals surface area contributed by atoms with Crippen molar-refractivity contribution in [2.24, 2.45) is 5.16 Å². The number of carbonyl (C=O) groups is 3. The number of ether oxygens (including phenoxy) is 1. The summed E-state index contributed by atoms with van der Waals surface area (Å²) in [5, 5.41) is 20.9. The number of nitrogen functional groups attached to an aromatic ring is 1. The number of thiazole rings is 2. The van der Waals surface area contributed by atoms with Crippen molar-refractivity contribution in [3.8, 4) is 0 Å². The second-order valence-corrected chi connectivity index (χ2v) is 9.10. The van der Waals surface area contributed by atoms with Gasteiger partial charge in [0, 0.05) is 10.8 Å². The number of aliphatic carboxylic acids is 1. The van der Waals surface area contributed by atoms with Crippen LogP contribution in [0.4, 0.5) is 5.13 Å². The maximum atomic E-state index is 12.7. The molecular weight excluding hydrogens is 503 g/mol. The largest absolute Gasteiger partial charge is 1.00 e. The molecule has 0 radical (unpaired) electrons. The van der Waals surface area contributed by atoms with Crippen LogP contribution in [-0.4, -0.2) is 62.6 Å². The first kappa shape index (κ1) is 25.5. The van der Waals surface area contributed by atoms with E-state index in [4.69, 9.17) is 15.3 Å². The molecule has 0 spiro atoms. The fourth-order valence-corrected chi connectivity index (χ4v) is 5.43. The summed E-state index contributed by atoms with van der Waals surface area (Å²) in [6.07, 6.45) is 0. The number of aromatic nitrogens is 2. The molecule has 2 aliphatic rings. The maximum absolute atomic E-state index is 12.7. The third kappa shape index (κ3) is 5.17. The topological polar surface area (TPSA) is 172 Å². The Balaban J connectivity index is 0.00000306. The molecule has 12 nitrogen and oxygen atoms in total. The molecule has 2 aliphatic heterocycles. The van der Waals surface area contributed by atoms with Gasteiger partial charge in [-0.1, -0.05) is 5.16 Å². The zero-order valence-corrected chi connectivity index (χ0v) is 21.8. The first-order chi connectivity index (χ1) is 15.4. The van der Waals surface area contributed by atoms with Crippen LogP contribution >= 0.6 is 34.4 Å². The van der Waals surface area contributed by atoms with Crippen LogP contribution < -0.4 is 45.7 Å². The molecule has 168 valence electrons. The Morgan fingerprint density at radius 2 is 2.21 bits per heavy atom. The molecule has 33 heavy (non-hydrogen) atoms. The van der Waals surface area contributed by atoms with Gasteiger partial charge in [0.15, 0.2) is 10.8 Å².